The predicted molar refractivity (Wildman–Crippen MR) is 71.2 cm³/mol. The number of rotatable bonds is 5. The molecule has 0 saturated heterocycles. The van der Waals surface area contributed by atoms with E-state index >= 15 is 0 Å². The highest BCUT2D eigenvalue weighted by Crippen LogP contribution is 2.20. The van der Waals surface area contributed by atoms with E-state index in [1.165, 1.54) is 14.2 Å². The van der Waals surface area contributed by atoms with Crippen molar-refractivity contribution in [2.45, 2.75) is 40.2 Å². The summed E-state index contributed by atoms with van der Waals surface area (Å²) >= 11 is 0. The Balaban J connectivity index is 3.01. The molecule has 1 rings (SSSR count). The number of ether oxygens (including phenoxy) is 2. The van der Waals surface area contributed by atoms with Crippen molar-refractivity contribution in [3.05, 3.63) is 11.4 Å². The first-order valence-electron chi connectivity index (χ1n) is 6.36. The van der Waals surface area contributed by atoms with Crippen molar-refractivity contribution in [2.75, 3.05) is 14.2 Å². The fourth-order valence-corrected chi connectivity index (χ4v) is 1.59. The number of aromatic nitrogens is 3. The van der Waals surface area contributed by atoms with E-state index in [1.807, 2.05) is 0 Å². The van der Waals surface area contributed by atoms with Gasteiger partial charge in [-0.3, -0.25) is 4.79 Å². The van der Waals surface area contributed by atoms with E-state index in [-0.39, 0.29) is 17.5 Å². The third-order valence-electron chi connectivity index (χ3n) is 2.83. The van der Waals surface area contributed by atoms with Gasteiger partial charge in [-0.15, -0.1) is 5.10 Å². The van der Waals surface area contributed by atoms with E-state index in [1.54, 1.807) is 4.68 Å². The highest BCUT2D eigenvalue weighted by Gasteiger charge is 2.23. The molecule has 7 heteroatoms. The molecule has 0 N–H and O–H groups in total. The molecule has 1 aromatic heterocycles. The van der Waals surface area contributed by atoms with Gasteiger partial charge in [0.05, 0.1) is 26.3 Å². The van der Waals surface area contributed by atoms with E-state index in [0.717, 1.165) is 6.42 Å². The average Bonchev–Trinajstić information content (AvgIpc) is 2.77. The second kappa shape index (κ2) is 6.49. The van der Waals surface area contributed by atoms with Crippen LogP contribution in [-0.4, -0.2) is 41.2 Å². The number of hydrogen-bond donors (Lipinski definition) is 0. The summed E-state index contributed by atoms with van der Waals surface area (Å²) in [6.45, 7) is 6.88. The average molecular weight is 283 g/mol. The lowest BCUT2D eigenvalue weighted by molar-refractivity contribution is -0.139. The minimum absolute atomic E-state index is 0.0575. The highest BCUT2D eigenvalue weighted by molar-refractivity contribution is 5.89. The third-order valence-corrected chi connectivity index (χ3v) is 2.83. The first-order valence-corrected chi connectivity index (χ1v) is 6.36. The van der Waals surface area contributed by atoms with Gasteiger partial charge >= 0.3 is 11.9 Å². The van der Waals surface area contributed by atoms with Gasteiger partial charge in [0.2, 0.25) is 0 Å². The minimum Gasteiger partial charge on any atom is -0.469 e. The van der Waals surface area contributed by atoms with Crippen LogP contribution in [0.4, 0.5) is 0 Å². The summed E-state index contributed by atoms with van der Waals surface area (Å²) in [6, 6.07) is 0. The van der Waals surface area contributed by atoms with E-state index in [4.69, 9.17) is 0 Å². The van der Waals surface area contributed by atoms with Crippen molar-refractivity contribution in [3.8, 4) is 0 Å². The minimum atomic E-state index is -0.606. The summed E-state index contributed by atoms with van der Waals surface area (Å²) in [6.07, 6.45) is 0.781. The van der Waals surface area contributed by atoms with Crippen LogP contribution in [0.2, 0.25) is 0 Å². The molecule has 0 bridgehead atoms. The van der Waals surface area contributed by atoms with Crippen LogP contribution >= 0.6 is 0 Å². The lowest BCUT2D eigenvalue weighted by Gasteiger charge is -2.18. The van der Waals surface area contributed by atoms with Gasteiger partial charge in [0.1, 0.15) is 0 Å². The van der Waals surface area contributed by atoms with Crippen LogP contribution in [0.1, 0.15) is 43.4 Å². The number of hydrogen-bond acceptors (Lipinski definition) is 6. The summed E-state index contributed by atoms with van der Waals surface area (Å²) in [5.41, 5.74) is 0.597. The first kappa shape index (κ1) is 16.1. The molecule has 0 atom stereocenters. The van der Waals surface area contributed by atoms with Gasteiger partial charge in [0.25, 0.3) is 0 Å². The second-order valence-corrected chi connectivity index (χ2v) is 5.66. The molecule has 0 saturated carbocycles. The SMILES string of the molecule is COC(=O)Cc1c(C(=O)OC)nnn1CCC(C)(C)C. The standard InChI is InChI=1S/C13H21N3O4/c1-13(2,3)6-7-16-9(8-10(17)19-4)11(14-15-16)12(18)20-5/h6-8H2,1-5H3. The molecule has 20 heavy (non-hydrogen) atoms. The topological polar surface area (TPSA) is 83.3 Å². The normalized spacial score (nSPS) is 11.2. The third kappa shape index (κ3) is 4.32. The summed E-state index contributed by atoms with van der Waals surface area (Å²) < 4.78 is 10.8. The smallest absolute Gasteiger partial charge is 0.360 e. The molecule has 1 heterocycles. The van der Waals surface area contributed by atoms with Crippen molar-refractivity contribution in [1.82, 2.24) is 15.0 Å². The van der Waals surface area contributed by atoms with Crippen LogP contribution in [0, 0.1) is 5.41 Å². The zero-order chi connectivity index (χ0) is 15.3. The predicted octanol–water partition coefficient (Wildman–Crippen LogP) is 1.22. The number of carbonyl (C=O) groups is 2. The summed E-state index contributed by atoms with van der Waals surface area (Å²) in [5, 5.41) is 7.74. The Labute approximate surface area is 118 Å². The molecule has 0 aliphatic heterocycles. The van der Waals surface area contributed by atoms with Gasteiger partial charge < -0.3 is 9.47 Å². The maximum Gasteiger partial charge on any atom is 0.360 e. The van der Waals surface area contributed by atoms with Crippen molar-refractivity contribution < 1.29 is 19.1 Å². The summed E-state index contributed by atoms with van der Waals surface area (Å²) in [5.74, 6) is -1.06. The number of esters is 2. The van der Waals surface area contributed by atoms with E-state index in [0.29, 0.717) is 12.2 Å². The lowest BCUT2D eigenvalue weighted by Crippen LogP contribution is -2.17. The van der Waals surface area contributed by atoms with Gasteiger partial charge in [-0.25, -0.2) is 9.48 Å². The quantitative estimate of drug-likeness (QED) is 0.755. The van der Waals surface area contributed by atoms with Crippen LogP contribution in [0.15, 0.2) is 0 Å². The number of methoxy groups -OCH3 is 2. The second-order valence-electron chi connectivity index (χ2n) is 5.66. The Hall–Kier alpha value is -1.92. The van der Waals surface area contributed by atoms with Crippen molar-refractivity contribution in [3.63, 3.8) is 0 Å². The molecule has 0 spiro atoms. The van der Waals surface area contributed by atoms with Crippen LogP contribution in [0.25, 0.3) is 0 Å². The molecular formula is C13H21N3O4. The number of aryl methyl sites for hydroxylation is 1. The lowest BCUT2D eigenvalue weighted by atomic mass is 9.92. The monoisotopic (exact) mass is 283 g/mol. The molecule has 0 unspecified atom stereocenters. The largest absolute Gasteiger partial charge is 0.469 e. The molecule has 1 aromatic rings. The molecule has 0 aliphatic carbocycles. The molecule has 0 radical (unpaired) electrons. The van der Waals surface area contributed by atoms with Crippen molar-refractivity contribution in [1.29, 1.82) is 0 Å². The number of carbonyl (C=O) groups excluding carboxylic acids is 2. The van der Waals surface area contributed by atoms with Crippen LogP contribution < -0.4 is 0 Å². The molecule has 112 valence electrons. The maximum absolute atomic E-state index is 11.6. The maximum atomic E-state index is 11.6. The van der Waals surface area contributed by atoms with Crippen molar-refractivity contribution in [2.24, 2.45) is 5.41 Å². The van der Waals surface area contributed by atoms with Gasteiger partial charge in [-0.05, 0) is 11.8 Å². The molecule has 0 aliphatic rings. The molecule has 7 nitrogen and oxygen atoms in total. The van der Waals surface area contributed by atoms with Gasteiger partial charge in [-0.1, -0.05) is 26.0 Å². The van der Waals surface area contributed by atoms with E-state index < -0.39 is 11.9 Å². The van der Waals surface area contributed by atoms with E-state index in [2.05, 4.69) is 40.6 Å². The van der Waals surface area contributed by atoms with Gasteiger partial charge in [-0.2, -0.15) is 0 Å². The van der Waals surface area contributed by atoms with Crippen molar-refractivity contribution >= 4 is 11.9 Å². The van der Waals surface area contributed by atoms with E-state index in [9.17, 15) is 9.59 Å². The fourth-order valence-electron chi connectivity index (χ4n) is 1.59. The zero-order valence-corrected chi connectivity index (χ0v) is 12.6. The van der Waals surface area contributed by atoms with Crippen LogP contribution in [0.3, 0.4) is 0 Å². The molecule has 0 fully saturated rings. The Morgan fingerprint density at radius 1 is 1.20 bits per heavy atom. The summed E-state index contributed by atoms with van der Waals surface area (Å²) in [4.78, 5) is 23.1. The Bertz CT molecular complexity index is 488. The fraction of sp³-hybridized carbons (Fsp3) is 0.692. The van der Waals surface area contributed by atoms with Crippen LogP contribution in [-0.2, 0) is 27.2 Å². The Kier molecular flexibility index (Phi) is 5.24. The molecule has 0 amide bonds. The highest BCUT2D eigenvalue weighted by atomic mass is 16.5. The van der Waals surface area contributed by atoms with Crippen LogP contribution in [0.5, 0.6) is 0 Å². The Morgan fingerprint density at radius 2 is 1.85 bits per heavy atom. The molecule has 0 aromatic carbocycles. The first-order chi connectivity index (χ1) is 9.28. The molecular weight excluding hydrogens is 262 g/mol. The van der Waals surface area contributed by atoms with Gasteiger partial charge in [0.15, 0.2) is 5.69 Å². The Morgan fingerprint density at radius 3 is 2.35 bits per heavy atom. The summed E-state index contributed by atoms with van der Waals surface area (Å²) in [7, 11) is 2.56. The zero-order valence-electron chi connectivity index (χ0n) is 12.6. The van der Waals surface area contributed by atoms with Gasteiger partial charge in [0, 0.05) is 6.54 Å². The number of nitrogens with zero attached hydrogens (tertiary/aromatic N) is 3.